The van der Waals surface area contributed by atoms with Gasteiger partial charge < -0.3 is 4.98 Å². The second kappa shape index (κ2) is 5.39. The summed E-state index contributed by atoms with van der Waals surface area (Å²) in [6, 6.07) is 10.6. The van der Waals surface area contributed by atoms with Crippen molar-refractivity contribution < 1.29 is 4.79 Å². The van der Waals surface area contributed by atoms with Crippen LogP contribution in [0.15, 0.2) is 45.7 Å². The number of hydrogen-bond donors (Lipinski definition) is 1. The lowest BCUT2D eigenvalue weighted by molar-refractivity contribution is 0.0972. The Kier molecular flexibility index (Phi) is 3.35. The Hall–Kier alpha value is -2.32. The first-order valence-electron chi connectivity index (χ1n) is 6.76. The van der Waals surface area contributed by atoms with Crippen LogP contribution in [0.25, 0.3) is 22.1 Å². The SMILES string of the molecule is O=C(Cn1c(=O)[nH]c2ccc3nsnc3c21)c1ccc(Br)cc1. The van der Waals surface area contributed by atoms with E-state index in [4.69, 9.17) is 0 Å². The molecule has 4 rings (SSSR count). The molecule has 0 amide bonds. The second-order valence-electron chi connectivity index (χ2n) is 5.04. The summed E-state index contributed by atoms with van der Waals surface area (Å²) in [5, 5.41) is 0. The number of Topliss-reactive ketones (excluding diaryl/α,β-unsaturated/α-hetero) is 1. The van der Waals surface area contributed by atoms with Crippen molar-refractivity contribution in [3.8, 4) is 0 Å². The quantitative estimate of drug-likeness (QED) is 0.547. The molecule has 0 bridgehead atoms. The van der Waals surface area contributed by atoms with Crippen molar-refractivity contribution in [2.45, 2.75) is 6.54 Å². The van der Waals surface area contributed by atoms with Crippen LogP contribution in [0.2, 0.25) is 0 Å². The van der Waals surface area contributed by atoms with Crippen LogP contribution in [-0.2, 0) is 6.54 Å². The van der Waals surface area contributed by atoms with Crippen molar-refractivity contribution in [3.05, 3.63) is 56.9 Å². The molecule has 0 unspecified atom stereocenters. The van der Waals surface area contributed by atoms with Crippen molar-refractivity contribution >= 4 is 55.5 Å². The molecular weight excluding hydrogens is 380 g/mol. The number of halogens is 1. The van der Waals surface area contributed by atoms with E-state index in [1.807, 2.05) is 0 Å². The van der Waals surface area contributed by atoms with Crippen LogP contribution in [0.4, 0.5) is 0 Å². The van der Waals surface area contributed by atoms with E-state index >= 15 is 0 Å². The van der Waals surface area contributed by atoms with Crippen molar-refractivity contribution in [1.82, 2.24) is 18.3 Å². The maximum atomic E-state index is 12.5. The predicted molar refractivity (Wildman–Crippen MR) is 92.0 cm³/mol. The average molecular weight is 389 g/mol. The number of ketones is 1. The van der Waals surface area contributed by atoms with Gasteiger partial charge in [0.2, 0.25) is 0 Å². The number of carbonyl (C=O) groups is 1. The molecule has 6 nitrogen and oxygen atoms in total. The summed E-state index contributed by atoms with van der Waals surface area (Å²) in [5.41, 5.74) is 2.84. The lowest BCUT2D eigenvalue weighted by atomic mass is 10.1. The maximum Gasteiger partial charge on any atom is 0.326 e. The summed E-state index contributed by atoms with van der Waals surface area (Å²) in [5.74, 6) is -0.138. The van der Waals surface area contributed by atoms with Crippen molar-refractivity contribution in [2.24, 2.45) is 0 Å². The second-order valence-corrected chi connectivity index (χ2v) is 6.48. The van der Waals surface area contributed by atoms with Gasteiger partial charge in [0, 0.05) is 10.0 Å². The average Bonchev–Trinajstić information content (AvgIpc) is 3.12. The lowest BCUT2D eigenvalue weighted by Crippen LogP contribution is -2.21. The first-order chi connectivity index (χ1) is 11.1. The highest BCUT2D eigenvalue weighted by molar-refractivity contribution is 9.10. The Labute approximate surface area is 142 Å². The Morgan fingerprint density at radius 3 is 2.74 bits per heavy atom. The molecule has 8 heteroatoms. The van der Waals surface area contributed by atoms with Gasteiger partial charge in [-0.15, -0.1) is 0 Å². The number of nitrogens with one attached hydrogen (secondary N) is 1. The monoisotopic (exact) mass is 388 g/mol. The topological polar surface area (TPSA) is 80.6 Å². The summed E-state index contributed by atoms with van der Waals surface area (Å²) in [4.78, 5) is 27.5. The minimum Gasteiger partial charge on any atom is -0.305 e. The number of fused-ring (bicyclic) bond motifs is 3. The van der Waals surface area contributed by atoms with E-state index in [9.17, 15) is 9.59 Å². The van der Waals surface area contributed by atoms with Crippen LogP contribution in [-0.4, -0.2) is 24.1 Å². The normalized spacial score (nSPS) is 11.3. The van der Waals surface area contributed by atoms with Gasteiger partial charge in [-0.1, -0.05) is 28.1 Å². The molecule has 2 heterocycles. The summed E-state index contributed by atoms with van der Waals surface area (Å²) in [6.07, 6.45) is 0. The van der Waals surface area contributed by atoms with Crippen LogP contribution >= 0.6 is 27.7 Å². The summed E-state index contributed by atoms with van der Waals surface area (Å²) < 4.78 is 10.7. The minimum absolute atomic E-state index is 0.0445. The molecule has 0 saturated heterocycles. The van der Waals surface area contributed by atoms with Crippen LogP contribution < -0.4 is 5.69 Å². The molecule has 2 aromatic heterocycles. The van der Waals surface area contributed by atoms with E-state index in [-0.39, 0.29) is 18.0 Å². The molecule has 0 atom stereocenters. The van der Waals surface area contributed by atoms with Crippen LogP contribution in [0.3, 0.4) is 0 Å². The predicted octanol–water partition coefficient (Wildman–Crippen LogP) is 2.98. The first-order valence-corrected chi connectivity index (χ1v) is 8.28. The molecule has 0 spiro atoms. The molecule has 0 aliphatic carbocycles. The molecule has 4 aromatic rings. The summed E-state index contributed by atoms with van der Waals surface area (Å²) in [6.45, 7) is -0.0445. The fraction of sp³-hybridized carbons (Fsp3) is 0.0667. The number of nitrogens with zero attached hydrogens (tertiary/aromatic N) is 3. The van der Waals surface area contributed by atoms with Gasteiger partial charge in [0.15, 0.2) is 5.78 Å². The number of rotatable bonds is 3. The Morgan fingerprint density at radius 1 is 1.17 bits per heavy atom. The molecule has 0 saturated carbocycles. The standard InChI is InChI=1S/C15H9BrN4O2S/c16-9-3-1-8(2-4-9)12(21)7-20-14-11(17-15(20)22)6-5-10-13(14)19-23-18-10/h1-6H,7H2,(H,17,22). The third kappa shape index (κ3) is 2.40. The molecule has 0 fully saturated rings. The van der Waals surface area contributed by atoms with Gasteiger partial charge in [-0.2, -0.15) is 8.75 Å². The Bertz CT molecular complexity index is 1090. The van der Waals surface area contributed by atoms with Crippen LogP contribution in [0.5, 0.6) is 0 Å². The molecular formula is C15H9BrN4O2S. The Morgan fingerprint density at radius 2 is 1.96 bits per heavy atom. The zero-order valence-corrected chi connectivity index (χ0v) is 14.0. The van der Waals surface area contributed by atoms with E-state index in [0.29, 0.717) is 27.6 Å². The number of hydrogen-bond acceptors (Lipinski definition) is 5. The van der Waals surface area contributed by atoms with Gasteiger partial charge in [0.1, 0.15) is 11.0 Å². The van der Waals surface area contributed by atoms with Crippen molar-refractivity contribution in [1.29, 1.82) is 0 Å². The highest BCUT2D eigenvalue weighted by Gasteiger charge is 2.16. The third-order valence-corrected chi connectivity index (χ3v) is 4.70. The van der Waals surface area contributed by atoms with Crippen molar-refractivity contribution in [2.75, 3.05) is 0 Å². The number of benzene rings is 2. The van der Waals surface area contributed by atoms with E-state index in [1.165, 1.54) is 4.57 Å². The number of aromatic nitrogens is 4. The molecule has 23 heavy (non-hydrogen) atoms. The smallest absolute Gasteiger partial charge is 0.305 e. The molecule has 2 aromatic carbocycles. The fourth-order valence-corrected chi connectivity index (χ4v) is 3.32. The van der Waals surface area contributed by atoms with Gasteiger partial charge in [-0.05, 0) is 24.3 Å². The third-order valence-electron chi connectivity index (χ3n) is 3.63. The van der Waals surface area contributed by atoms with Gasteiger partial charge in [-0.3, -0.25) is 9.36 Å². The summed E-state index contributed by atoms with van der Waals surface area (Å²) >= 11 is 4.42. The van der Waals surface area contributed by atoms with E-state index in [2.05, 4.69) is 29.7 Å². The Balaban J connectivity index is 1.83. The lowest BCUT2D eigenvalue weighted by Gasteiger charge is -2.04. The molecule has 0 aliphatic heterocycles. The van der Waals surface area contributed by atoms with Crippen LogP contribution in [0, 0.1) is 0 Å². The zero-order valence-electron chi connectivity index (χ0n) is 11.6. The molecule has 0 radical (unpaired) electrons. The zero-order chi connectivity index (χ0) is 16.0. The number of H-pyrrole nitrogens is 1. The highest BCUT2D eigenvalue weighted by atomic mass is 79.9. The van der Waals surface area contributed by atoms with Gasteiger partial charge in [0.25, 0.3) is 0 Å². The van der Waals surface area contributed by atoms with Crippen LogP contribution in [0.1, 0.15) is 10.4 Å². The highest BCUT2D eigenvalue weighted by Crippen LogP contribution is 2.22. The molecule has 114 valence electrons. The van der Waals surface area contributed by atoms with E-state index in [1.54, 1.807) is 36.4 Å². The van der Waals surface area contributed by atoms with Crippen molar-refractivity contribution in [3.63, 3.8) is 0 Å². The maximum absolute atomic E-state index is 12.5. The van der Waals surface area contributed by atoms with E-state index < -0.39 is 0 Å². The summed E-state index contributed by atoms with van der Waals surface area (Å²) in [7, 11) is 0. The first kappa shape index (κ1) is 14.3. The largest absolute Gasteiger partial charge is 0.326 e. The van der Waals surface area contributed by atoms with Gasteiger partial charge in [-0.25, -0.2) is 4.79 Å². The van der Waals surface area contributed by atoms with E-state index in [0.717, 1.165) is 16.2 Å². The number of aromatic amines is 1. The minimum atomic E-state index is -0.328. The number of carbonyl (C=O) groups excluding carboxylic acids is 1. The van der Waals surface area contributed by atoms with Gasteiger partial charge >= 0.3 is 5.69 Å². The van der Waals surface area contributed by atoms with Gasteiger partial charge in [0.05, 0.1) is 29.3 Å². The molecule has 1 N–H and O–H groups in total. The fourth-order valence-electron chi connectivity index (χ4n) is 2.52. The number of imidazole rings is 1. The molecule has 0 aliphatic rings.